The molecule has 2 heterocycles. The van der Waals surface area contributed by atoms with Crippen molar-refractivity contribution in [3.05, 3.63) is 30.2 Å². The van der Waals surface area contributed by atoms with Gasteiger partial charge in [0.1, 0.15) is 5.52 Å². The zero-order valence-electron chi connectivity index (χ0n) is 11.3. The highest BCUT2D eigenvalue weighted by molar-refractivity contribution is 5.72. The molecule has 0 radical (unpaired) electrons. The van der Waals surface area contributed by atoms with Crippen LogP contribution >= 0.6 is 0 Å². The molecule has 106 valence electrons. The number of carboxylic acids is 1. The molecule has 0 saturated carbocycles. The third-order valence-electron chi connectivity index (χ3n) is 3.87. The van der Waals surface area contributed by atoms with Crippen LogP contribution in [0.4, 0.5) is 0 Å². The molecular formula is C15H18N2O3. The number of fused-ring (bicyclic) bond motifs is 1. The molecule has 0 bridgehead atoms. The minimum absolute atomic E-state index is 0.231. The fraction of sp³-hybridized carbons (Fsp3) is 0.467. The molecule has 1 aliphatic rings. The van der Waals surface area contributed by atoms with E-state index >= 15 is 0 Å². The van der Waals surface area contributed by atoms with E-state index in [1.54, 1.807) is 0 Å². The molecule has 3 rings (SSSR count). The molecule has 1 saturated heterocycles. The number of nitrogens with zero attached hydrogens (tertiary/aromatic N) is 2. The van der Waals surface area contributed by atoms with E-state index in [1.165, 1.54) is 0 Å². The van der Waals surface area contributed by atoms with Crippen LogP contribution in [0.2, 0.25) is 0 Å². The average Bonchev–Trinajstić information content (AvgIpc) is 3.02. The van der Waals surface area contributed by atoms with Gasteiger partial charge in [0, 0.05) is 12.5 Å². The first-order valence-electron chi connectivity index (χ1n) is 7.02. The van der Waals surface area contributed by atoms with Gasteiger partial charge in [0.2, 0.25) is 5.89 Å². The minimum atomic E-state index is -0.723. The lowest BCUT2D eigenvalue weighted by Crippen LogP contribution is -2.29. The van der Waals surface area contributed by atoms with Gasteiger partial charge in [-0.15, -0.1) is 0 Å². The van der Waals surface area contributed by atoms with Gasteiger partial charge in [0.15, 0.2) is 5.58 Å². The van der Waals surface area contributed by atoms with E-state index in [0.29, 0.717) is 24.9 Å². The molecule has 2 aromatic rings. The van der Waals surface area contributed by atoms with Crippen LogP contribution in [0.15, 0.2) is 28.7 Å². The van der Waals surface area contributed by atoms with Crippen LogP contribution in [0.3, 0.4) is 0 Å². The summed E-state index contributed by atoms with van der Waals surface area (Å²) in [7, 11) is 0. The summed E-state index contributed by atoms with van der Waals surface area (Å²) in [5, 5.41) is 8.80. The molecule has 1 aliphatic heterocycles. The third kappa shape index (κ3) is 2.82. The number of carbonyl (C=O) groups is 1. The minimum Gasteiger partial charge on any atom is -0.481 e. The molecule has 1 aromatic heterocycles. The van der Waals surface area contributed by atoms with Crippen molar-refractivity contribution in [1.82, 2.24) is 9.88 Å². The van der Waals surface area contributed by atoms with Crippen LogP contribution in [0.1, 0.15) is 31.6 Å². The zero-order valence-corrected chi connectivity index (χ0v) is 11.3. The van der Waals surface area contributed by atoms with E-state index in [1.807, 2.05) is 24.3 Å². The lowest BCUT2D eigenvalue weighted by atomic mass is 10.1. The number of aliphatic carboxylic acids is 1. The fourth-order valence-electron chi connectivity index (χ4n) is 2.88. The van der Waals surface area contributed by atoms with Crippen LogP contribution in [0.25, 0.3) is 11.1 Å². The number of hydrogen-bond donors (Lipinski definition) is 1. The Bertz CT molecular complexity index is 575. The zero-order chi connectivity index (χ0) is 13.9. The quantitative estimate of drug-likeness (QED) is 0.908. The number of rotatable bonds is 5. The summed E-state index contributed by atoms with van der Waals surface area (Å²) in [4.78, 5) is 17.5. The van der Waals surface area contributed by atoms with E-state index in [4.69, 9.17) is 9.52 Å². The van der Waals surface area contributed by atoms with Crippen LogP contribution in [0, 0.1) is 0 Å². The third-order valence-corrected chi connectivity index (χ3v) is 3.87. The van der Waals surface area contributed by atoms with Crippen molar-refractivity contribution in [2.45, 2.75) is 38.3 Å². The topological polar surface area (TPSA) is 66.6 Å². The maximum Gasteiger partial charge on any atom is 0.303 e. The lowest BCUT2D eigenvalue weighted by molar-refractivity contribution is -0.137. The van der Waals surface area contributed by atoms with E-state index in [0.717, 1.165) is 30.5 Å². The lowest BCUT2D eigenvalue weighted by Gasteiger charge is -2.22. The van der Waals surface area contributed by atoms with Gasteiger partial charge in [-0.1, -0.05) is 12.1 Å². The molecule has 0 amide bonds. The first kappa shape index (κ1) is 13.1. The summed E-state index contributed by atoms with van der Waals surface area (Å²) in [5.41, 5.74) is 1.69. The Morgan fingerprint density at radius 2 is 2.30 bits per heavy atom. The summed E-state index contributed by atoms with van der Waals surface area (Å²) < 4.78 is 5.73. The van der Waals surface area contributed by atoms with Crippen molar-refractivity contribution < 1.29 is 14.3 Å². The molecule has 0 unspecified atom stereocenters. The highest BCUT2D eigenvalue weighted by Crippen LogP contribution is 2.24. The van der Waals surface area contributed by atoms with Gasteiger partial charge in [-0.05, 0) is 37.9 Å². The molecule has 1 fully saturated rings. The SMILES string of the molecule is O=C(O)CC[C@H]1CCCN1Cc1nc2ccccc2o1. The van der Waals surface area contributed by atoms with Gasteiger partial charge in [0.25, 0.3) is 0 Å². The van der Waals surface area contributed by atoms with E-state index in [9.17, 15) is 4.79 Å². The van der Waals surface area contributed by atoms with Gasteiger partial charge >= 0.3 is 5.97 Å². The molecule has 1 N–H and O–H groups in total. The monoisotopic (exact) mass is 274 g/mol. The second kappa shape index (κ2) is 5.63. The van der Waals surface area contributed by atoms with E-state index in [-0.39, 0.29) is 6.42 Å². The highest BCUT2D eigenvalue weighted by Gasteiger charge is 2.26. The Labute approximate surface area is 117 Å². The van der Waals surface area contributed by atoms with Crippen molar-refractivity contribution in [3.63, 3.8) is 0 Å². The number of para-hydroxylation sites is 2. The molecule has 20 heavy (non-hydrogen) atoms. The van der Waals surface area contributed by atoms with E-state index < -0.39 is 5.97 Å². The smallest absolute Gasteiger partial charge is 0.303 e. The van der Waals surface area contributed by atoms with Gasteiger partial charge < -0.3 is 9.52 Å². The normalized spacial score (nSPS) is 19.7. The summed E-state index contributed by atoms with van der Waals surface area (Å²) in [6.45, 7) is 1.65. The maximum absolute atomic E-state index is 10.7. The van der Waals surface area contributed by atoms with Crippen molar-refractivity contribution >= 4 is 17.1 Å². The number of hydrogen-bond acceptors (Lipinski definition) is 4. The Hall–Kier alpha value is -1.88. The standard InChI is InChI=1S/C15H18N2O3/c18-15(19)8-7-11-4-3-9-17(11)10-14-16-12-5-1-2-6-13(12)20-14/h1-2,5-6,11H,3-4,7-10H2,(H,18,19)/t11-/m1/s1. The Balaban J connectivity index is 1.68. The predicted molar refractivity (Wildman–Crippen MR) is 74.3 cm³/mol. The number of carboxylic acid groups (broad SMARTS) is 1. The number of aromatic nitrogens is 1. The first-order chi connectivity index (χ1) is 9.72. The Morgan fingerprint density at radius 3 is 3.10 bits per heavy atom. The highest BCUT2D eigenvalue weighted by atomic mass is 16.4. The second-order valence-corrected chi connectivity index (χ2v) is 5.27. The van der Waals surface area contributed by atoms with Gasteiger partial charge in [-0.25, -0.2) is 4.98 Å². The van der Waals surface area contributed by atoms with Crippen molar-refractivity contribution in [2.75, 3.05) is 6.54 Å². The molecular weight excluding hydrogens is 256 g/mol. The van der Waals surface area contributed by atoms with Crippen LogP contribution in [0.5, 0.6) is 0 Å². The molecule has 5 heteroatoms. The number of benzene rings is 1. The van der Waals surface area contributed by atoms with Gasteiger partial charge in [0.05, 0.1) is 6.54 Å². The van der Waals surface area contributed by atoms with Crippen LogP contribution < -0.4 is 0 Å². The molecule has 1 atom stereocenters. The molecule has 1 aromatic carbocycles. The van der Waals surface area contributed by atoms with Crippen molar-refractivity contribution in [3.8, 4) is 0 Å². The number of oxazole rings is 1. The Morgan fingerprint density at radius 1 is 1.45 bits per heavy atom. The first-order valence-corrected chi connectivity index (χ1v) is 7.02. The van der Waals surface area contributed by atoms with E-state index in [2.05, 4.69) is 9.88 Å². The number of likely N-dealkylation sites (tertiary alicyclic amines) is 1. The Kier molecular flexibility index (Phi) is 3.69. The summed E-state index contributed by atoms with van der Waals surface area (Å²) >= 11 is 0. The van der Waals surface area contributed by atoms with Crippen LogP contribution in [-0.2, 0) is 11.3 Å². The van der Waals surface area contributed by atoms with Gasteiger partial charge in [-0.2, -0.15) is 0 Å². The average molecular weight is 274 g/mol. The molecule has 0 aliphatic carbocycles. The van der Waals surface area contributed by atoms with Crippen molar-refractivity contribution in [2.24, 2.45) is 0 Å². The largest absolute Gasteiger partial charge is 0.481 e. The van der Waals surface area contributed by atoms with Crippen molar-refractivity contribution in [1.29, 1.82) is 0 Å². The maximum atomic E-state index is 10.7. The summed E-state index contributed by atoms with van der Waals surface area (Å²) in [6, 6.07) is 8.07. The predicted octanol–water partition coefficient (Wildman–Crippen LogP) is 2.66. The molecule has 0 spiro atoms. The molecule has 5 nitrogen and oxygen atoms in total. The van der Waals surface area contributed by atoms with Crippen LogP contribution in [-0.4, -0.2) is 33.5 Å². The second-order valence-electron chi connectivity index (χ2n) is 5.27. The van der Waals surface area contributed by atoms with Gasteiger partial charge in [-0.3, -0.25) is 9.69 Å². The fourth-order valence-corrected chi connectivity index (χ4v) is 2.88. The summed E-state index contributed by atoms with van der Waals surface area (Å²) in [6.07, 6.45) is 3.11. The summed E-state index contributed by atoms with van der Waals surface area (Å²) in [5.74, 6) is -0.00728.